The van der Waals surface area contributed by atoms with Crippen molar-refractivity contribution in [3.8, 4) is 5.75 Å². The van der Waals surface area contributed by atoms with E-state index in [1.807, 2.05) is 43.4 Å². The summed E-state index contributed by atoms with van der Waals surface area (Å²) in [5.74, 6) is -0.0916. The van der Waals surface area contributed by atoms with Gasteiger partial charge in [-0.05, 0) is 42.5 Å². The van der Waals surface area contributed by atoms with Crippen molar-refractivity contribution >= 4 is 49.1 Å². The average molecular weight is 387 g/mol. The summed E-state index contributed by atoms with van der Waals surface area (Å²) in [5.41, 5.74) is 2.53. The van der Waals surface area contributed by atoms with Crippen molar-refractivity contribution in [2.75, 3.05) is 4.72 Å². The Labute approximate surface area is 155 Å². The zero-order valence-corrected chi connectivity index (χ0v) is 15.3. The van der Waals surface area contributed by atoms with Gasteiger partial charge in [0.1, 0.15) is 10.6 Å². The molecule has 0 saturated carbocycles. The molecule has 0 bridgehead atoms. The fourth-order valence-electron chi connectivity index (χ4n) is 3.15. The van der Waals surface area contributed by atoms with Gasteiger partial charge in [-0.3, -0.25) is 4.72 Å². The lowest BCUT2D eigenvalue weighted by Crippen LogP contribution is -2.13. The molecule has 5 nitrogen and oxygen atoms in total. The number of hydrogen-bond acceptors (Lipinski definition) is 3. The molecule has 0 aliphatic rings. The van der Waals surface area contributed by atoms with Crippen LogP contribution < -0.4 is 4.72 Å². The molecule has 4 aromatic rings. The number of aryl methyl sites for hydroxylation is 1. The van der Waals surface area contributed by atoms with Crippen molar-refractivity contribution in [3.05, 3.63) is 65.7 Å². The van der Waals surface area contributed by atoms with Crippen molar-refractivity contribution in [2.45, 2.75) is 4.90 Å². The van der Waals surface area contributed by atoms with Gasteiger partial charge >= 0.3 is 0 Å². The largest absolute Gasteiger partial charge is 0.508 e. The fourth-order valence-corrected chi connectivity index (χ4v) is 4.74. The second kappa shape index (κ2) is 5.93. The van der Waals surface area contributed by atoms with Crippen LogP contribution in [0.2, 0.25) is 5.02 Å². The molecule has 0 radical (unpaired) electrons. The van der Waals surface area contributed by atoms with E-state index in [9.17, 15) is 13.5 Å². The number of aromatic hydroxyl groups is 1. The first-order chi connectivity index (χ1) is 12.4. The Bertz CT molecular complexity index is 1260. The molecular formula is C19H15ClN2O3S. The number of anilines is 1. The van der Waals surface area contributed by atoms with Crippen LogP contribution in [0.25, 0.3) is 21.8 Å². The fraction of sp³-hybridized carbons (Fsp3) is 0.0526. The number of para-hydroxylation sites is 1. The minimum atomic E-state index is -3.88. The Morgan fingerprint density at radius 2 is 1.69 bits per heavy atom. The lowest BCUT2D eigenvalue weighted by molar-refractivity contribution is 0.475. The lowest BCUT2D eigenvalue weighted by atomic mass is 10.1. The molecule has 0 spiro atoms. The molecule has 0 unspecified atom stereocenters. The topological polar surface area (TPSA) is 71.3 Å². The maximum Gasteiger partial charge on any atom is 0.263 e. The van der Waals surface area contributed by atoms with Crippen LogP contribution in [0.4, 0.5) is 5.69 Å². The minimum Gasteiger partial charge on any atom is -0.508 e. The van der Waals surface area contributed by atoms with Crippen molar-refractivity contribution in [1.29, 1.82) is 0 Å². The highest BCUT2D eigenvalue weighted by atomic mass is 35.5. The Morgan fingerprint density at radius 1 is 0.962 bits per heavy atom. The molecule has 132 valence electrons. The maximum absolute atomic E-state index is 12.7. The van der Waals surface area contributed by atoms with Gasteiger partial charge in [0.2, 0.25) is 0 Å². The minimum absolute atomic E-state index is 0.0382. The third-order valence-electron chi connectivity index (χ3n) is 4.37. The van der Waals surface area contributed by atoms with E-state index in [0.717, 1.165) is 21.8 Å². The molecule has 0 fully saturated rings. The van der Waals surface area contributed by atoms with Crippen LogP contribution in [0.3, 0.4) is 0 Å². The van der Waals surface area contributed by atoms with Crippen LogP contribution in [-0.4, -0.2) is 18.1 Å². The van der Waals surface area contributed by atoms with Crippen LogP contribution >= 0.6 is 11.6 Å². The van der Waals surface area contributed by atoms with Crippen LogP contribution in [0.15, 0.2) is 65.6 Å². The standard InChI is InChI=1S/C19H15ClN2O3S/c1-22-17-5-3-2-4-14(17)15-10-12(6-8-18(15)22)21-26(24,25)19-9-7-13(23)11-16(19)20/h2-11,21,23H,1H3. The molecule has 7 heteroatoms. The first kappa shape index (κ1) is 16.8. The molecule has 0 saturated heterocycles. The lowest BCUT2D eigenvalue weighted by Gasteiger charge is -2.10. The summed E-state index contributed by atoms with van der Waals surface area (Å²) >= 11 is 5.97. The Balaban J connectivity index is 1.81. The molecule has 2 N–H and O–H groups in total. The van der Waals surface area contributed by atoms with E-state index in [4.69, 9.17) is 11.6 Å². The van der Waals surface area contributed by atoms with E-state index in [1.54, 1.807) is 6.07 Å². The van der Waals surface area contributed by atoms with Crippen molar-refractivity contribution < 1.29 is 13.5 Å². The molecule has 0 atom stereocenters. The highest BCUT2D eigenvalue weighted by Crippen LogP contribution is 2.32. The number of halogens is 1. The SMILES string of the molecule is Cn1c2ccccc2c2cc(NS(=O)(=O)c3ccc(O)cc3Cl)ccc21. The van der Waals surface area contributed by atoms with Gasteiger partial charge in [0.15, 0.2) is 0 Å². The van der Waals surface area contributed by atoms with Gasteiger partial charge in [-0.1, -0.05) is 29.8 Å². The summed E-state index contributed by atoms with van der Waals surface area (Å²) < 4.78 is 29.9. The van der Waals surface area contributed by atoms with Crippen LogP contribution in [0.1, 0.15) is 0 Å². The number of nitrogens with one attached hydrogen (secondary N) is 1. The Hall–Kier alpha value is -2.70. The first-order valence-corrected chi connectivity index (χ1v) is 9.71. The summed E-state index contributed by atoms with van der Waals surface area (Å²) in [6.45, 7) is 0. The molecule has 3 aromatic carbocycles. The first-order valence-electron chi connectivity index (χ1n) is 7.85. The predicted molar refractivity (Wildman–Crippen MR) is 104 cm³/mol. The van der Waals surface area contributed by atoms with E-state index >= 15 is 0 Å². The van der Waals surface area contributed by atoms with E-state index in [1.165, 1.54) is 18.2 Å². The number of nitrogens with zero attached hydrogens (tertiary/aromatic N) is 1. The van der Waals surface area contributed by atoms with E-state index in [2.05, 4.69) is 9.29 Å². The van der Waals surface area contributed by atoms with Crippen molar-refractivity contribution in [3.63, 3.8) is 0 Å². The highest BCUT2D eigenvalue weighted by Gasteiger charge is 2.19. The van der Waals surface area contributed by atoms with Gasteiger partial charge in [-0.15, -0.1) is 0 Å². The van der Waals surface area contributed by atoms with Crippen LogP contribution in [-0.2, 0) is 17.1 Å². The third-order valence-corrected chi connectivity index (χ3v) is 6.23. The monoisotopic (exact) mass is 386 g/mol. The number of fused-ring (bicyclic) bond motifs is 3. The molecule has 1 heterocycles. The quantitative estimate of drug-likeness (QED) is 0.545. The van der Waals surface area contributed by atoms with Gasteiger partial charge < -0.3 is 9.67 Å². The number of phenolic OH excluding ortho intramolecular Hbond substituents is 1. The van der Waals surface area contributed by atoms with E-state index < -0.39 is 10.0 Å². The van der Waals surface area contributed by atoms with Crippen molar-refractivity contribution in [1.82, 2.24) is 4.57 Å². The second-order valence-electron chi connectivity index (χ2n) is 6.03. The summed E-state index contributed by atoms with van der Waals surface area (Å²) in [6, 6.07) is 17.1. The molecular weight excluding hydrogens is 372 g/mol. The van der Waals surface area contributed by atoms with Gasteiger partial charge in [0.05, 0.1) is 5.02 Å². The number of benzene rings is 3. The van der Waals surface area contributed by atoms with Crippen LogP contribution in [0, 0.1) is 0 Å². The molecule has 0 aliphatic heterocycles. The summed E-state index contributed by atoms with van der Waals surface area (Å²) in [5, 5.41) is 11.4. The van der Waals surface area contributed by atoms with Gasteiger partial charge in [-0.25, -0.2) is 8.42 Å². The zero-order chi connectivity index (χ0) is 18.5. The second-order valence-corrected chi connectivity index (χ2v) is 8.09. The van der Waals surface area contributed by atoms with Gasteiger partial charge in [-0.2, -0.15) is 0 Å². The number of hydrogen-bond donors (Lipinski definition) is 2. The van der Waals surface area contributed by atoms with E-state index in [0.29, 0.717) is 5.69 Å². The number of sulfonamides is 1. The number of phenols is 1. The molecule has 4 rings (SSSR count). The highest BCUT2D eigenvalue weighted by molar-refractivity contribution is 7.92. The zero-order valence-electron chi connectivity index (χ0n) is 13.8. The van der Waals surface area contributed by atoms with Crippen molar-refractivity contribution in [2.24, 2.45) is 7.05 Å². The van der Waals surface area contributed by atoms with Crippen LogP contribution in [0.5, 0.6) is 5.75 Å². The smallest absolute Gasteiger partial charge is 0.263 e. The predicted octanol–water partition coefficient (Wildman–Crippen LogP) is 4.49. The normalized spacial score (nSPS) is 11.9. The average Bonchev–Trinajstić information content (AvgIpc) is 2.87. The summed E-state index contributed by atoms with van der Waals surface area (Å²) in [6.07, 6.45) is 0. The Morgan fingerprint density at radius 3 is 2.46 bits per heavy atom. The van der Waals surface area contributed by atoms with Gasteiger partial charge in [0.25, 0.3) is 10.0 Å². The summed E-state index contributed by atoms with van der Waals surface area (Å²) in [4.78, 5) is -0.0880. The summed E-state index contributed by atoms with van der Waals surface area (Å²) in [7, 11) is -1.90. The van der Waals surface area contributed by atoms with Gasteiger partial charge in [0, 0.05) is 34.5 Å². The Kier molecular flexibility index (Phi) is 3.82. The maximum atomic E-state index is 12.7. The van der Waals surface area contributed by atoms with E-state index in [-0.39, 0.29) is 15.7 Å². The molecule has 1 aromatic heterocycles. The number of aromatic nitrogens is 1. The third kappa shape index (κ3) is 2.67. The molecule has 26 heavy (non-hydrogen) atoms. The molecule has 0 aliphatic carbocycles. The number of rotatable bonds is 3. The molecule has 0 amide bonds.